The van der Waals surface area contributed by atoms with E-state index in [1.807, 2.05) is 55.5 Å². The molecule has 2 aliphatic heterocycles. The number of carbonyl (C=O) groups excluding carboxylic acids is 2. The van der Waals surface area contributed by atoms with Gasteiger partial charge in [-0.2, -0.15) is 0 Å². The van der Waals surface area contributed by atoms with E-state index in [-0.39, 0.29) is 11.8 Å². The third-order valence-corrected chi connectivity index (χ3v) is 6.65. The Morgan fingerprint density at radius 1 is 1.31 bits per heavy atom. The zero-order valence-electron chi connectivity index (χ0n) is 17.5. The number of rotatable bonds is 5. The number of ether oxygens (including phenoxy) is 1. The van der Waals surface area contributed by atoms with Crippen molar-refractivity contribution in [1.29, 1.82) is 0 Å². The maximum atomic E-state index is 13.4. The van der Waals surface area contributed by atoms with Gasteiger partial charge in [-0.1, -0.05) is 29.8 Å². The topological polar surface area (TPSA) is 97.5 Å². The molecule has 3 N–H and O–H groups in total. The van der Waals surface area contributed by atoms with Crippen molar-refractivity contribution in [3.8, 4) is 5.75 Å². The highest BCUT2D eigenvalue weighted by Crippen LogP contribution is 2.49. The number of halogens is 1. The molecular formula is C24H23ClN4O3. The van der Waals surface area contributed by atoms with Gasteiger partial charge in [-0.3, -0.25) is 14.6 Å². The Labute approximate surface area is 190 Å². The molecule has 3 aromatic rings. The first-order valence-corrected chi connectivity index (χ1v) is 10.9. The Kier molecular flexibility index (Phi) is 4.93. The van der Waals surface area contributed by atoms with Gasteiger partial charge in [-0.05, 0) is 42.8 Å². The maximum absolute atomic E-state index is 13.4. The number of nitrogens with one attached hydrogen (secondary N) is 1. The predicted molar refractivity (Wildman–Crippen MR) is 122 cm³/mol. The lowest BCUT2D eigenvalue weighted by molar-refractivity contribution is -0.174. The average molecular weight is 451 g/mol. The Morgan fingerprint density at radius 3 is 2.94 bits per heavy atom. The van der Waals surface area contributed by atoms with Crippen LogP contribution in [0.5, 0.6) is 5.75 Å². The van der Waals surface area contributed by atoms with E-state index in [0.717, 1.165) is 22.2 Å². The van der Waals surface area contributed by atoms with Gasteiger partial charge < -0.3 is 20.7 Å². The molecule has 2 aromatic carbocycles. The SMILES string of the molecule is CC12CC(c3ccccc3O1)C(C(N)=O)C(=O)N2CCNc1ccnc2cc(Cl)ccc12. The first kappa shape index (κ1) is 20.6. The lowest BCUT2D eigenvalue weighted by Crippen LogP contribution is -2.65. The van der Waals surface area contributed by atoms with Gasteiger partial charge in [0.1, 0.15) is 11.7 Å². The van der Waals surface area contributed by atoms with Crippen LogP contribution >= 0.6 is 11.6 Å². The van der Waals surface area contributed by atoms with Crippen LogP contribution in [0.4, 0.5) is 5.69 Å². The number of primary amides is 1. The van der Waals surface area contributed by atoms with Gasteiger partial charge in [-0.25, -0.2) is 0 Å². The van der Waals surface area contributed by atoms with E-state index in [9.17, 15) is 9.59 Å². The van der Waals surface area contributed by atoms with Crippen molar-refractivity contribution in [2.45, 2.75) is 25.0 Å². The molecule has 2 bridgehead atoms. The summed E-state index contributed by atoms with van der Waals surface area (Å²) >= 11 is 6.08. The van der Waals surface area contributed by atoms with Crippen molar-refractivity contribution < 1.29 is 14.3 Å². The summed E-state index contributed by atoms with van der Waals surface area (Å²) in [6.07, 6.45) is 2.23. The van der Waals surface area contributed by atoms with Gasteiger partial charge in [0.25, 0.3) is 0 Å². The summed E-state index contributed by atoms with van der Waals surface area (Å²) in [5, 5.41) is 4.94. The van der Waals surface area contributed by atoms with Crippen LogP contribution in [0.25, 0.3) is 10.9 Å². The van der Waals surface area contributed by atoms with Crippen molar-refractivity contribution in [3.05, 3.63) is 65.3 Å². The standard InChI is InChI=1S/C24H23ClN4O3/c1-24-13-17(15-4-2-3-5-20(15)32-24)21(22(26)30)23(31)29(24)11-10-28-18-8-9-27-19-12-14(25)6-7-16(18)19/h2-9,12,17,21H,10-11,13H2,1H3,(H2,26,30)(H,27,28). The lowest BCUT2D eigenvalue weighted by Gasteiger charge is -2.52. The number of benzene rings is 2. The molecule has 7 nitrogen and oxygen atoms in total. The highest BCUT2D eigenvalue weighted by Gasteiger charge is 2.55. The molecule has 1 fully saturated rings. The van der Waals surface area contributed by atoms with Crippen LogP contribution in [0.2, 0.25) is 5.02 Å². The Bertz CT molecular complexity index is 1230. The monoisotopic (exact) mass is 450 g/mol. The number of pyridine rings is 1. The number of para-hydroxylation sites is 1. The highest BCUT2D eigenvalue weighted by molar-refractivity contribution is 6.31. The second-order valence-electron chi connectivity index (χ2n) is 8.44. The fourth-order valence-electron chi connectivity index (χ4n) is 4.96. The molecule has 1 aromatic heterocycles. The minimum atomic E-state index is -0.906. The number of hydrogen-bond donors (Lipinski definition) is 2. The normalized spacial score (nSPS) is 24.1. The summed E-state index contributed by atoms with van der Waals surface area (Å²) < 4.78 is 6.29. The molecule has 0 saturated carbocycles. The van der Waals surface area contributed by atoms with Gasteiger partial charge in [0.05, 0.1) is 5.52 Å². The van der Waals surface area contributed by atoms with Crippen molar-refractivity contribution in [2.24, 2.45) is 11.7 Å². The number of carbonyl (C=O) groups is 2. The van der Waals surface area contributed by atoms with E-state index in [1.165, 1.54) is 0 Å². The van der Waals surface area contributed by atoms with Crippen molar-refractivity contribution >= 4 is 40.0 Å². The number of likely N-dealkylation sites (tertiary alicyclic amines) is 1. The number of anilines is 1. The van der Waals surface area contributed by atoms with E-state index in [2.05, 4.69) is 10.3 Å². The zero-order valence-corrected chi connectivity index (χ0v) is 18.3. The molecule has 3 atom stereocenters. The van der Waals surface area contributed by atoms with E-state index in [1.54, 1.807) is 11.1 Å². The van der Waals surface area contributed by atoms with Gasteiger partial charge in [-0.15, -0.1) is 0 Å². The summed E-state index contributed by atoms with van der Waals surface area (Å²) in [7, 11) is 0. The summed E-state index contributed by atoms with van der Waals surface area (Å²) in [6, 6.07) is 15.0. The van der Waals surface area contributed by atoms with Crippen LogP contribution in [0, 0.1) is 5.92 Å². The fourth-order valence-corrected chi connectivity index (χ4v) is 5.12. The third-order valence-electron chi connectivity index (χ3n) is 6.41. The Balaban J connectivity index is 1.40. The average Bonchev–Trinajstić information content (AvgIpc) is 2.75. The van der Waals surface area contributed by atoms with Crippen molar-refractivity contribution in [3.63, 3.8) is 0 Å². The molecular weight excluding hydrogens is 428 g/mol. The molecule has 5 rings (SSSR count). The van der Waals surface area contributed by atoms with Gasteiger partial charge in [0.15, 0.2) is 5.72 Å². The second-order valence-corrected chi connectivity index (χ2v) is 8.88. The maximum Gasteiger partial charge on any atom is 0.238 e. The van der Waals surface area contributed by atoms with E-state index in [4.69, 9.17) is 22.1 Å². The molecule has 3 unspecified atom stereocenters. The number of nitrogens with two attached hydrogens (primary N) is 1. The molecule has 0 radical (unpaired) electrons. The summed E-state index contributed by atoms with van der Waals surface area (Å²) in [5.41, 5.74) is 7.38. The number of fused-ring (bicyclic) bond motifs is 5. The minimum absolute atomic E-state index is 0.284. The van der Waals surface area contributed by atoms with Gasteiger partial charge >= 0.3 is 0 Å². The smallest absolute Gasteiger partial charge is 0.238 e. The van der Waals surface area contributed by atoms with E-state index in [0.29, 0.717) is 30.3 Å². The zero-order chi connectivity index (χ0) is 22.5. The molecule has 3 heterocycles. The van der Waals surface area contributed by atoms with Gasteiger partial charge in [0, 0.05) is 47.7 Å². The largest absolute Gasteiger partial charge is 0.468 e. The fraction of sp³-hybridized carbons (Fsp3) is 0.292. The molecule has 0 spiro atoms. The first-order valence-electron chi connectivity index (χ1n) is 10.5. The number of hydrogen-bond acceptors (Lipinski definition) is 5. The predicted octanol–water partition coefficient (Wildman–Crippen LogP) is 3.53. The molecule has 1 saturated heterocycles. The van der Waals surface area contributed by atoms with E-state index >= 15 is 0 Å². The Hall–Kier alpha value is -3.32. The number of nitrogens with zero attached hydrogens (tertiary/aromatic N) is 2. The van der Waals surface area contributed by atoms with Crippen LogP contribution in [-0.4, -0.2) is 40.5 Å². The highest BCUT2D eigenvalue weighted by atomic mass is 35.5. The quantitative estimate of drug-likeness (QED) is 0.579. The van der Waals surface area contributed by atoms with Crippen molar-refractivity contribution in [1.82, 2.24) is 9.88 Å². The lowest BCUT2D eigenvalue weighted by atomic mass is 9.73. The number of piperidine rings is 1. The van der Waals surface area contributed by atoms with Crippen LogP contribution in [0.15, 0.2) is 54.7 Å². The summed E-state index contributed by atoms with van der Waals surface area (Å²) in [5.74, 6) is -1.39. The molecule has 164 valence electrons. The summed E-state index contributed by atoms with van der Waals surface area (Å²) in [6.45, 7) is 2.71. The number of aromatic nitrogens is 1. The molecule has 2 amide bonds. The molecule has 2 aliphatic rings. The summed E-state index contributed by atoms with van der Waals surface area (Å²) in [4.78, 5) is 31.7. The van der Waals surface area contributed by atoms with Crippen LogP contribution in [0.3, 0.4) is 0 Å². The molecule has 32 heavy (non-hydrogen) atoms. The van der Waals surface area contributed by atoms with E-state index < -0.39 is 17.6 Å². The third kappa shape index (κ3) is 3.33. The van der Waals surface area contributed by atoms with Crippen molar-refractivity contribution in [2.75, 3.05) is 18.4 Å². The molecule has 0 aliphatic carbocycles. The number of amides is 2. The van der Waals surface area contributed by atoms with Crippen LogP contribution in [-0.2, 0) is 9.59 Å². The van der Waals surface area contributed by atoms with Gasteiger partial charge in [0.2, 0.25) is 11.8 Å². The molecule has 8 heteroatoms. The van der Waals surface area contributed by atoms with Crippen LogP contribution in [0.1, 0.15) is 24.8 Å². The van der Waals surface area contributed by atoms with Crippen LogP contribution < -0.4 is 15.8 Å². The minimum Gasteiger partial charge on any atom is -0.468 e. The first-order chi connectivity index (χ1) is 15.4. The Morgan fingerprint density at radius 2 is 2.12 bits per heavy atom. The second kappa shape index (κ2) is 7.67.